The van der Waals surface area contributed by atoms with Crippen LogP contribution in [-0.2, 0) is 17.6 Å². The Morgan fingerprint density at radius 3 is 2.83 bits per heavy atom. The second-order valence-electron chi connectivity index (χ2n) is 7.92. The third-order valence-electron chi connectivity index (χ3n) is 5.94. The zero-order valence-corrected chi connectivity index (χ0v) is 18.2. The van der Waals surface area contributed by atoms with Gasteiger partial charge in [-0.05, 0) is 62.8 Å². The predicted octanol–water partition coefficient (Wildman–Crippen LogP) is 4.71. The van der Waals surface area contributed by atoms with Crippen LogP contribution < -0.4 is 5.32 Å². The third-order valence-corrected chi connectivity index (χ3v) is 8.29. The normalized spacial score (nSPS) is 19.1. The van der Waals surface area contributed by atoms with Gasteiger partial charge in [-0.3, -0.25) is 9.69 Å². The van der Waals surface area contributed by atoms with Crippen LogP contribution in [0.2, 0.25) is 0 Å². The summed E-state index contributed by atoms with van der Waals surface area (Å²) >= 11 is 3.13. The lowest BCUT2D eigenvalue weighted by Gasteiger charge is -2.21. The molecule has 0 saturated carbocycles. The number of thiazole rings is 1. The molecule has 2 aliphatic rings. The highest BCUT2D eigenvalue weighted by Crippen LogP contribution is 2.39. The second kappa shape index (κ2) is 8.09. The average molecular weight is 442 g/mol. The molecule has 8 heteroatoms. The summed E-state index contributed by atoms with van der Waals surface area (Å²) < 4.78 is 1.17. The molecule has 0 bridgehead atoms. The van der Waals surface area contributed by atoms with Crippen molar-refractivity contribution in [1.29, 1.82) is 0 Å². The summed E-state index contributed by atoms with van der Waals surface area (Å²) in [5, 5.41) is 14.2. The number of benzene rings is 1. The minimum atomic E-state index is -0.946. The molecular formula is C22H23N3O3S2. The number of aromatic nitrogens is 1. The first kappa shape index (κ1) is 19.7. The maximum atomic E-state index is 12.8. The third kappa shape index (κ3) is 3.64. The molecule has 3 aromatic rings. The number of carboxylic acid groups (broad SMARTS) is 1. The summed E-state index contributed by atoms with van der Waals surface area (Å²) in [7, 11) is 0. The first-order chi connectivity index (χ1) is 14.6. The summed E-state index contributed by atoms with van der Waals surface area (Å²) in [5.74, 6) is -1.10. The van der Waals surface area contributed by atoms with Gasteiger partial charge in [-0.15, -0.1) is 22.7 Å². The van der Waals surface area contributed by atoms with Crippen LogP contribution in [0.4, 0.5) is 5.00 Å². The number of nitrogens with zero attached hydrogens (tertiary/aromatic N) is 2. The van der Waals surface area contributed by atoms with Gasteiger partial charge in [0.05, 0.1) is 28.4 Å². The number of para-hydroxylation sites is 1. The molecule has 1 atom stereocenters. The fourth-order valence-corrected chi connectivity index (χ4v) is 6.99. The van der Waals surface area contributed by atoms with Gasteiger partial charge < -0.3 is 10.4 Å². The van der Waals surface area contributed by atoms with Gasteiger partial charge in [-0.1, -0.05) is 12.1 Å². The molecule has 1 aliphatic carbocycles. The lowest BCUT2D eigenvalue weighted by Crippen LogP contribution is -2.33. The molecule has 1 unspecified atom stereocenters. The van der Waals surface area contributed by atoms with Crippen molar-refractivity contribution in [1.82, 2.24) is 9.88 Å². The van der Waals surface area contributed by atoms with Gasteiger partial charge in [0.2, 0.25) is 5.91 Å². The summed E-state index contributed by atoms with van der Waals surface area (Å²) in [5.41, 5.74) is 2.22. The van der Waals surface area contributed by atoms with Crippen LogP contribution in [0.3, 0.4) is 0 Å². The molecule has 1 amide bonds. The number of rotatable bonds is 5. The molecule has 2 aromatic heterocycles. The maximum Gasteiger partial charge on any atom is 0.339 e. The Balaban J connectivity index is 1.33. The quantitative estimate of drug-likeness (QED) is 0.599. The average Bonchev–Trinajstić information content (AvgIpc) is 3.43. The molecular weight excluding hydrogens is 418 g/mol. The van der Waals surface area contributed by atoms with Crippen molar-refractivity contribution in [3.05, 3.63) is 45.3 Å². The lowest BCUT2D eigenvalue weighted by atomic mass is 9.95. The van der Waals surface area contributed by atoms with E-state index in [1.807, 2.05) is 18.2 Å². The van der Waals surface area contributed by atoms with Crippen molar-refractivity contribution in [3.63, 3.8) is 0 Å². The standard InChI is InChI=1S/C22H23N3O3S2/c26-18(24-21-19(22(27)28)13-6-1-3-9-16(13)29-21)12-25-11-5-8-15(25)20-23-14-7-2-4-10-17(14)30-20/h2,4,7,10,15H,1,3,5-6,8-9,11-12H2,(H,24,26)(H,27,28). The van der Waals surface area contributed by atoms with Gasteiger partial charge >= 0.3 is 5.97 Å². The van der Waals surface area contributed by atoms with E-state index in [1.165, 1.54) is 16.0 Å². The minimum Gasteiger partial charge on any atom is -0.478 e. The Labute approximate surface area is 182 Å². The van der Waals surface area contributed by atoms with Crippen molar-refractivity contribution in [2.75, 3.05) is 18.4 Å². The van der Waals surface area contributed by atoms with Gasteiger partial charge in [-0.25, -0.2) is 9.78 Å². The first-order valence-electron chi connectivity index (χ1n) is 10.4. The van der Waals surface area contributed by atoms with E-state index in [2.05, 4.69) is 16.3 Å². The monoisotopic (exact) mass is 441 g/mol. The number of fused-ring (bicyclic) bond motifs is 2. The van der Waals surface area contributed by atoms with Crippen LogP contribution >= 0.6 is 22.7 Å². The Bertz CT molecular complexity index is 1090. The van der Waals surface area contributed by atoms with E-state index in [0.717, 1.165) is 66.0 Å². The van der Waals surface area contributed by atoms with Crippen LogP contribution in [-0.4, -0.2) is 40.0 Å². The number of anilines is 1. The van der Waals surface area contributed by atoms with Crippen LogP contribution in [0.1, 0.15) is 57.5 Å². The van der Waals surface area contributed by atoms with E-state index in [9.17, 15) is 14.7 Å². The molecule has 30 heavy (non-hydrogen) atoms. The smallest absolute Gasteiger partial charge is 0.339 e. The number of hydrogen-bond donors (Lipinski definition) is 2. The summed E-state index contributed by atoms with van der Waals surface area (Å²) in [6, 6.07) is 8.25. The van der Waals surface area contributed by atoms with Gasteiger partial charge in [0.25, 0.3) is 0 Å². The number of aromatic carboxylic acids is 1. The van der Waals surface area contributed by atoms with Crippen LogP contribution in [0, 0.1) is 0 Å². The zero-order chi connectivity index (χ0) is 20.7. The summed E-state index contributed by atoms with van der Waals surface area (Å²) in [6.45, 7) is 1.10. The van der Waals surface area contributed by atoms with Crippen LogP contribution in [0.25, 0.3) is 10.2 Å². The number of carboxylic acids is 1. The van der Waals surface area contributed by atoms with Gasteiger partial charge in [0.15, 0.2) is 0 Å². The lowest BCUT2D eigenvalue weighted by molar-refractivity contribution is -0.117. The zero-order valence-electron chi connectivity index (χ0n) is 16.5. The SMILES string of the molecule is O=C(CN1CCCC1c1nc2ccccc2s1)Nc1sc2c(c1C(=O)O)CCCC2. The number of hydrogen-bond acceptors (Lipinski definition) is 6. The van der Waals surface area contributed by atoms with E-state index in [1.54, 1.807) is 11.3 Å². The number of amides is 1. The first-order valence-corrected chi connectivity index (χ1v) is 12.0. The summed E-state index contributed by atoms with van der Waals surface area (Å²) in [4.78, 5) is 32.8. The Hall–Kier alpha value is -2.29. The molecule has 3 heterocycles. The molecule has 2 N–H and O–H groups in total. The molecule has 5 rings (SSSR count). The molecule has 0 radical (unpaired) electrons. The maximum absolute atomic E-state index is 12.8. The van der Waals surface area contributed by atoms with E-state index < -0.39 is 5.97 Å². The largest absolute Gasteiger partial charge is 0.478 e. The van der Waals surface area contributed by atoms with Crippen LogP contribution in [0.5, 0.6) is 0 Å². The minimum absolute atomic E-state index is 0.142. The Kier molecular flexibility index (Phi) is 5.30. The molecule has 156 valence electrons. The highest BCUT2D eigenvalue weighted by atomic mass is 32.1. The van der Waals surface area contributed by atoms with E-state index in [0.29, 0.717) is 10.6 Å². The predicted molar refractivity (Wildman–Crippen MR) is 120 cm³/mol. The van der Waals surface area contributed by atoms with Gasteiger partial charge in [0.1, 0.15) is 10.0 Å². The molecule has 1 fully saturated rings. The molecule has 1 saturated heterocycles. The highest BCUT2D eigenvalue weighted by molar-refractivity contribution is 7.18. The van der Waals surface area contributed by atoms with E-state index in [-0.39, 0.29) is 18.5 Å². The van der Waals surface area contributed by atoms with Crippen molar-refractivity contribution < 1.29 is 14.7 Å². The number of likely N-dealkylation sites (tertiary alicyclic amines) is 1. The fraction of sp³-hybridized carbons (Fsp3) is 0.409. The van der Waals surface area contributed by atoms with Crippen molar-refractivity contribution in [2.45, 2.75) is 44.6 Å². The van der Waals surface area contributed by atoms with Crippen molar-refractivity contribution >= 4 is 49.8 Å². The molecule has 1 aliphatic heterocycles. The Morgan fingerprint density at radius 2 is 2.00 bits per heavy atom. The number of aryl methyl sites for hydroxylation is 1. The Morgan fingerprint density at radius 1 is 1.17 bits per heavy atom. The van der Waals surface area contributed by atoms with Gasteiger partial charge in [0, 0.05) is 4.88 Å². The topological polar surface area (TPSA) is 82.5 Å². The van der Waals surface area contributed by atoms with E-state index >= 15 is 0 Å². The van der Waals surface area contributed by atoms with Crippen LogP contribution in [0.15, 0.2) is 24.3 Å². The van der Waals surface area contributed by atoms with Crippen molar-refractivity contribution in [3.8, 4) is 0 Å². The van der Waals surface area contributed by atoms with Crippen molar-refractivity contribution in [2.24, 2.45) is 0 Å². The molecule has 0 spiro atoms. The number of carbonyl (C=O) groups is 2. The molecule has 6 nitrogen and oxygen atoms in total. The molecule has 1 aromatic carbocycles. The fourth-order valence-electron chi connectivity index (χ4n) is 4.56. The van der Waals surface area contributed by atoms with E-state index in [4.69, 9.17) is 4.98 Å². The number of thiophene rings is 1. The number of carbonyl (C=O) groups excluding carboxylic acids is 1. The summed E-state index contributed by atoms with van der Waals surface area (Å²) in [6.07, 6.45) is 5.80. The number of nitrogens with one attached hydrogen (secondary N) is 1. The second-order valence-corrected chi connectivity index (χ2v) is 10.1. The van der Waals surface area contributed by atoms with Gasteiger partial charge in [-0.2, -0.15) is 0 Å². The highest BCUT2D eigenvalue weighted by Gasteiger charge is 2.31.